The van der Waals surface area contributed by atoms with Crippen LogP contribution in [-0.2, 0) is 19.1 Å². The second kappa shape index (κ2) is 12.8. The Hall–Kier alpha value is -1.48. The van der Waals surface area contributed by atoms with Crippen LogP contribution in [0.2, 0.25) is 0 Å². The van der Waals surface area contributed by atoms with E-state index >= 15 is 0 Å². The summed E-state index contributed by atoms with van der Waals surface area (Å²) in [4.78, 5) is 22.8. The third-order valence-electron chi connectivity index (χ3n) is 6.63. The molecule has 0 amide bonds. The summed E-state index contributed by atoms with van der Waals surface area (Å²) in [5.74, 6) is -0.908. The fraction of sp³-hybridized carbons (Fsp3) is 0.913. The molecule has 0 spiro atoms. The molecule has 5 unspecified atom stereocenters. The highest BCUT2D eigenvalue weighted by Crippen LogP contribution is 2.42. The first-order valence-electron chi connectivity index (χ1n) is 11.8. The Bertz CT molecular complexity index is 603. The summed E-state index contributed by atoms with van der Waals surface area (Å²) < 4.78 is 80.9. The van der Waals surface area contributed by atoms with E-state index in [9.17, 15) is 35.9 Å². The molecule has 0 aromatic heterocycles. The average molecular weight is 491 g/mol. The van der Waals surface area contributed by atoms with Crippen molar-refractivity contribution in [2.45, 2.75) is 110 Å². The van der Waals surface area contributed by atoms with Gasteiger partial charge < -0.3 is 9.47 Å². The van der Waals surface area contributed by atoms with Gasteiger partial charge in [-0.1, -0.05) is 47.0 Å². The lowest BCUT2D eigenvalue weighted by Crippen LogP contribution is -2.46. The third kappa shape index (κ3) is 9.35. The molecule has 2 aliphatic rings. The van der Waals surface area contributed by atoms with Crippen LogP contribution in [-0.4, -0.2) is 36.5 Å². The highest BCUT2D eigenvalue weighted by molar-refractivity contribution is 5.72. The summed E-state index contributed by atoms with van der Waals surface area (Å²) in [5.41, 5.74) is 0. The van der Waals surface area contributed by atoms with Crippen molar-refractivity contribution >= 4 is 11.9 Å². The van der Waals surface area contributed by atoms with Gasteiger partial charge in [0.25, 0.3) is 6.10 Å². The number of rotatable bonds is 6. The van der Waals surface area contributed by atoms with Gasteiger partial charge >= 0.3 is 24.3 Å². The molecule has 0 aromatic rings. The maximum Gasteiger partial charge on any atom is 0.434 e. The molecule has 0 aliphatic heterocycles. The molecule has 0 bridgehead atoms. The Labute approximate surface area is 191 Å². The Morgan fingerprint density at radius 2 is 1.27 bits per heavy atom. The quantitative estimate of drug-likeness (QED) is 0.297. The van der Waals surface area contributed by atoms with Crippen LogP contribution in [0, 0.1) is 23.7 Å². The van der Waals surface area contributed by atoms with Crippen molar-refractivity contribution in [3.8, 4) is 0 Å². The predicted octanol–water partition coefficient (Wildman–Crippen LogP) is 7.00. The maximum absolute atomic E-state index is 11.9. The minimum atomic E-state index is -5.65. The number of carbonyl (C=O) groups is 2. The predicted molar refractivity (Wildman–Crippen MR) is 110 cm³/mol. The van der Waals surface area contributed by atoms with Gasteiger partial charge in [-0.2, -0.15) is 26.3 Å². The third-order valence-corrected chi connectivity index (χ3v) is 6.63. The summed E-state index contributed by atoms with van der Waals surface area (Å²) in [6, 6.07) is 0. The molecule has 0 aromatic carbocycles. The molecular formula is C23H36F6O4. The van der Waals surface area contributed by atoms with E-state index in [4.69, 9.17) is 4.74 Å². The number of carbonyl (C=O) groups excluding carboxylic acids is 2. The van der Waals surface area contributed by atoms with Gasteiger partial charge in [0, 0.05) is 0 Å². The van der Waals surface area contributed by atoms with Crippen molar-refractivity contribution in [2.75, 3.05) is 0 Å². The lowest BCUT2D eigenvalue weighted by atomic mass is 9.69. The normalized spacial score (nSPS) is 25.2. The molecule has 0 heterocycles. The van der Waals surface area contributed by atoms with Gasteiger partial charge in [-0.15, -0.1) is 0 Å². The molecule has 2 aliphatic carbocycles. The zero-order chi connectivity index (χ0) is 25.4. The van der Waals surface area contributed by atoms with Crippen LogP contribution in [0.3, 0.4) is 0 Å². The van der Waals surface area contributed by atoms with Gasteiger partial charge in [-0.3, -0.25) is 9.59 Å². The lowest BCUT2D eigenvalue weighted by Gasteiger charge is -2.41. The Kier molecular flexibility index (Phi) is 11.5. The smallest absolute Gasteiger partial charge is 0.434 e. The number of hydrogen-bond donors (Lipinski definition) is 0. The number of hydrogen-bond acceptors (Lipinski definition) is 4. The monoisotopic (exact) mass is 490 g/mol. The highest BCUT2D eigenvalue weighted by atomic mass is 19.4. The molecular weight excluding hydrogens is 454 g/mol. The van der Waals surface area contributed by atoms with Crippen LogP contribution in [0.15, 0.2) is 0 Å². The number of fused-ring (bicyclic) bond motifs is 1. The molecule has 0 N–H and O–H groups in total. The summed E-state index contributed by atoms with van der Waals surface area (Å²) in [5, 5.41) is 0. The molecule has 0 radical (unpaired) electrons. The molecule has 0 saturated heterocycles. The van der Waals surface area contributed by atoms with Gasteiger partial charge in [-0.25, -0.2) is 0 Å². The fourth-order valence-electron chi connectivity index (χ4n) is 4.18. The fourth-order valence-corrected chi connectivity index (χ4v) is 4.18. The van der Waals surface area contributed by atoms with Crippen LogP contribution in [0.4, 0.5) is 26.3 Å². The largest absolute Gasteiger partial charge is 0.462 e. The average Bonchev–Trinajstić information content (AvgIpc) is 2.75. The van der Waals surface area contributed by atoms with E-state index in [0.29, 0.717) is 5.92 Å². The first-order chi connectivity index (χ1) is 15.2. The van der Waals surface area contributed by atoms with Gasteiger partial charge in [0.15, 0.2) is 0 Å². The van der Waals surface area contributed by atoms with E-state index in [1.165, 1.54) is 52.4 Å². The van der Waals surface area contributed by atoms with Gasteiger partial charge in [0.05, 0.1) is 11.8 Å². The van der Waals surface area contributed by atoms with Crippen molar-refractivity contribution in [3.05, 3.63) is 0 Å². The molecule has 194 valence electrons. The van der Waals surface area contributed by atoms with Crippen molar-refractivity contribution in [1.29, 1.82) is 0 Å². The molecule has 2 rings (SSSR count). The second-order valence-electron chi connectivity index (χ2n) is 9.13. The van der Waals surface area contributed by atoms with Crippen molar-refractivity contribution in [2.24, 2.45) is 23.7 Å². The Morgan fingerprint density at radius 3 is 1.79 bits per heavy atom. The van der Waals surface area contributed by atoms with E-state index in [0.717, 1.165) is 18.8 Å². The summed E-state index contributed by atoms with van der Waals surface area (Å²) in [6.45, 7) is 6.66. The standard InChI is InChI=1S/C15H26O2.C8H10F6O2/c1-3-11(2)15(16)17-14-10-6-8-12-7-4-5-9-13(12)14;1-3-4(2)5(15)16-6(7(9,10)11)8(12,13)14/h11-14H,3-10H2,1-2H3;4,6H,3H2,1-2H3. The molecule has 4 nitrogen and oxygen atoms in total. The topological polar surface area (TPSA) is 52.6 Å². The first kappa shape index (κ1) is 29.6. The lowest BCUT2D eigenvalue weighted by molar-refractivity contribution is -0.314. The van der Waals surface area contributed by atoms with E-state index in [1.54, 1.807) is 0 Å². The molecule has 2 saturated carbocycles. The first-order valence-corrected chi connectivity index (χ1v) is 11.8. The summed E-state index contributed by atoms with van der Waals surface area (Å²) in [6.07, 6.45) is -5.07. The van der Waals surface area contributed by atoms with Gasteiger partial charge in [0.1, 0.15) is 6.10 Å². The number of halogens is 6. The SMILES string of the molecule is CCC(C)C(=O)OC(C(F)(F)F)C(F)(F)F.CCC(C)C(=O)OC1CCCC2CCCCC21. The highest BCUT2D eigenvalue weighted by Gasteiger charge is 2.60. The van der Waals surface area contributed by atoms with Crippen LogP contribution in [0.5, 0.6) is 0 Å². The number of alkyl halides is 6. The molecule has 33 heavy (non-hydrogen) atoms. The Morgan fingerprint density at radius 1 is 0.788 bits per heavy atom. The van der Waals surface area contributed by atoms with Gasteiger partial charge in [0.2, 0.25) is 0 Å². The number of ether oxygens (including phenoxy) is 2. The zero-order valence-electron chi connectivity index (χ0n) is 19.7. The van der Waals surface area contributed by atoms with E-state index in [1.807, 2.05) is 6.92 Å². The van der Waals surface area contributed by atoms with E-state index in [2.05, 4.69) is 11.7 Å². The Balaban J connectivity index is 0.000000331. The summed E-state index contributed by atoms with van der Waals surface area (Å²) in [7, 11) is 0. The van der Waals surface area contributed by atoms with Crippen LogP contribution >= 0.6 is 0 Å². The minimum absolute atomic E-state index is 0.0312. The van der Waals surface area contributed by atoms with Crippen molar-refractivity contribution in [1.82, 2.24) is 0 Å². The minimum Gasteiger partial charge on any atom is -0.462 e. The van der Waals surface area contributed by atoms with Crippen molar-refractivity contribution < 1.29 is 45.4 Å². The van der Waals surface area contributed by atoms with E-state index in [-0.39, 0.29) is 24.4 Å². The van der Waals surface area contributed by atoms with Gasteiger partial charge in [-0.05, 0) is 50.4 Å². The van der Waals surface area contributed by atoms with Crippen LogP contribution < -0.4 is 0 Å². The molecule has 2 fully saturated rings. The van der Waals surface area contributed by atoms with E-state index < -0.39 is 30.3 Å². The summed E-state index contributed by atoms with van der Waals surface area (Å²) >= 11 is 0. The van der Waals surface area contributed by atoms with Crippen molar-refractivity contribution in [3.63, 3.8) is 0 Å². The van der Waals surface area contributed by atoms with Crippen LogP contribution in [0.1, 0.15) is 85.5 Å². The second-order valence-corrected chi connectivity index (χ2v) is 9.13. The number of esters is 2. The van der Waals surface area contributed by atoms with Crippen LogP contribution in [0.25, 0.3) is 0 Å². The molecule has 10 heteroatoms. The zero-order valence-corrected chi connectivity index (χ0v) is 19.7. The maximum atomic E-state index is 11.9. The molecule has 5 atom stereocenters.